The van der Waals surface area contributed by atoms with E-state index in [2.05, 4.69) is 84.9 Å². The molecule has 0 heterocycles. The molecule has 3 aromatic carbocycles. The molecule has 0 amide bonds. The number of rotatable bonds is 0. The van der Waals surface area contributed by atoms with Crippen molar-refractivity contribution in [3.8, 4) is 11.1 Å². The molecule has 2 aliphatic rings. The predicted molar refractivity (Wildman–Crippen MR) is 95.6 cm³/mol. The van der Waals surface area contributed by atoms with Crippen molar-refractivity contribution in [1.29, 1.82) is 0 Å². The van der Waals surface area contributed by atoms with Crippen molar-refractivity contribution in [3.05, 3.63) is 84.9 Å². The normalized spacial score (nSPS) is 11.6. The van der Waals surface area contributed by atoms with E-state index in [1.807, 2.05) is 0 Å². The van der Waals surface area contributed by atoms with Crippen molar-refractivity contribution in [2.45, 2.75) is 0 Å². The van der Waals surface area contributed by atoms with Crippen LogP contribution in [0.1, 0.15) is 0 Å². The summed E-state index contributed by atoms with van der Waals surface area (Å²) in [6.07, 6.45) is 0. The summed E-state index contributed by atoms with van der Waals surface area (Å²) < 4.78 is 0. The molecule has 0 nitrogen and oxygen atoms in total. The maximum atomic E-state index is 2.33. The highest BCUT2D eigenvalue weighted by atomic mass is 14.1. The van der Waals surface area contributed by atoms with Gasteiger partial charge >= 0.3 is 0 Å². The zero-order chi connectivity index (χ0) is 14.5. The minimum absolute atomic E-state index is 1.30. The van der Waals surface area contributed by atoms with E-state index in [0.29, 0.717) is 0 Å². The average molecular weight is 278 g/mol. The van der Waals surface area contributed by atoms with Gasteiger partial charge in [0.05, 0.1) is 0 Å². The quantitative estimate of drug-likeness (QED) is 0.294. The van der Waals surface area contributed by atoms with Crippen LogP contribution in [0.15, 0.2) is 84.9 Å². The van der Waals surface area contributed by atoms with Gasteiger partial charge in [-0.3, -0.25) is 0 Å². The van der Waals surface area contributed by atoms with E-state index in [1.165, 1.54) is 43.4 Å². The average Bonchev–Trinajstić information content (AvgIpc) is 2.75. The summed E-state index contributed by atoms with van der Waals surface area (Å²) in [7, 11) is 0. The Bertz CT molecular complexity index is 1120. The van der Waals surface area contributed by atoms with Crippen LogP contribution >= 0.6 is 0 Å². The summed E-state index contributed by atoms with van der Waals surface area (Å²) in [6.45, 7) is 0. The Kier molecular flexibility index (Phi) is 2.31. The molecule has 0 bridgehead atoms. The highest BCUT2D eigenvalue weighted by Gasteiger charge is 2.11. The van der Waals surface area contributed by atoms with Crippen LogP contribution < -0.4 is 0 Å². The number of benzene rings is 3. The summed E-state index contributed by atoms with van der Waals surface area (Å²) >= 11 is 0. The van der Waals surface area contributed by atoms with E-state index in [9.17, 15) is 0 Å². The van der Waals surface area contributed by atoms with Crippen molar-refractivity contribution in [2.75, 3.05) is 0 Å². The predicted octanol–water partition coefficient (Wildman–Crippen LogP) is 6.25. The topological polar surface area (TPSA) is 0 Å². The van der Waals surface area contributed by atoms with E-state index in [0.717, 1.165) is 0 Å². The molecular formula is C22H14. The van der Waals surface area contributed by atoms with Crippen molar-refractivity contribution >= 4 is 32.3 Å². The summed E-state index contributed by atoms with van der Waals surface area (Å²) in [5.74, 6) is 0. The van der Waals surface area contributed by atoms with Crippen LogP contribution in [-0.4, -0.2) is 0 Å². The molecule has 5 rings (SSSR count). The Balaban J connectivity index is 2.01. The van der Waals surface area contributed by atoms with Crippen LogP contribution in [-0.2, 0) is 0 Å². The van der Waals surface area contributed by atoms with Crippen molar-refractivity contribution in [1.82, 2.24) is 0 Å². The highest BCUT2D eigenvalue weighted by molar-refractivity contribution is 6.17. The fraction of sp³-hybridized carbons (Fsp3) is 0. The second-order valence-corrected chi connectivity index (χ2v) is 5.87. The first kappa shape index (κ1) is 11.8. The number of fused-ring (bicyclic) bond motifs is 6. The molecule has 0 saturated carbocycles. The summed E-state index contributed by atoms with van der Waals surface area (Å²) in [5, 5.41) is 7.95. The molecule has 102 valence electrons. The smallest absolute Gasteiger partial charge is 0.00928 e. The van der Waals surface area contributed by atoms with Gasteiger partial charge in [0.2, 0.25) is 0 Å². The van der Waals surface area contributed by atoms with Gasteiger partial charge in [0, 0.05) is 0 Å². The third-order valence-corrected chi connectivity index (χ3v) is 4.59. The SMILES string of the molecule is c1ccc2cc3c(ccc4cc5ccccc5cc43)c-2cc1. The molecule has 0 saturated heterocycles. The molecule has 0 aliphatic heterocycles. The Morgan fingerprint density at radius 3 is 2.09 bits per heavy atom. The zero-order valence-corrected chi connectivity index (χ0v) is 12.1. The van der Waals surface area contributed by atoms with Crippen molar-refractivity contribution in [3.63, 3.8) is 0 Å². The molecule has 0 unspecified atom stereocenters. The van der Waals surface area contributed by atoms with Gasteiger partial charge < -0.3 is 0 Å². The maximum Gasteiger partial charge on any atom is -0.00928 e. The van der Waals surface area contributed by atoms with Gasteiger partial charge in [-0.2, -0.15) is 0 Å². The first-order valence-corrected chi connectivity index (χ1v) is 7.63. The van der Waals surface area contributed by atoms with Gasteiger partial charge in [-0.1, -0.05) is 66.7 Å². The molecule has 0 heteroatoms. The monoisotopic (exact) mass is 278 g/mol. The number of hydrogen-bond acceptors (Lipinski definition) is 0. The first-order chi connectivity index (χ1) is 10.9. The Morgan fingerprint density at radius 2 is 1.18 bits per heavy atom. The molecule has 0 fully saturated rings. The molecule has 22 heavy (non-hydrogen) atoms. The maximum absolute atomic E-state index is 2.33. The van der Waals surface area contributed by atoms with Crippen molar-refractivity contribution in [2.24, 2.45) is 0 Å². The summed E-state index contributed by atoms with van der Waals surface area (Å²) in [4.78, 5) is 0. The van der Waals surface area contributed by atoms with E-state index in [4.69, 9.17) is 0 Å². The summed E-state index contributed by atoms with van der Waals surface area (Å²) in [5.41, 5.74) is 2.63. The standard InChI is InChI=1S/C22H14/c1-2-8-17-14-22-20(19(17)9-3-1)11-10-18-12-15-6-4-5-7-16(15)13-21(18)22/h1-14H. The molecule has 0 atom stereocenters. The van der Waals surface area contributed by atoms with Crippen LogP contribution in [0.2, 0.25) is 0 Å². The van der Waals surface area contributed by atoms with Gasteiger partial charge in [0.15, 0.2) is 0 Å². The van der Waals surface area contributed by atoms with Crippen molar-refractivity contribution < 1.29 is 0 Å². The van der Waals surface area contributed by atoms with E-state index in [1.54, 1.807) is 0 Å². The minimum atomic E-state index is 1.30. The van der Waals surface area contributed by atoms with Gasteiger partial charge in [0.1, 0.15) is 0 Å². The number of hydrogen-bond donors (Lipinski definition) is 0. The second kappa shape index (κ2) is 4.32. The van der Waals surface area contributed by atoms with Crippen LogP contribution in [0, 0.1) is 0 Å². The second-order valence-electron chi connectivity index (χ2n) is 5.87. The third kappa shape index (κ3) is 1.58. The third-order valence-electron chi connectivity index (χ3n) is 4.59. The van der Waals surface area contributed by atoms with Gasteiger partial charge in [-0.25, -0.2) is 0 Å². The first-order valence-electron chi connectivity index (χ1n) is 7.63. The molecule has 0 N–H and O–H groups in total. The molecule has 0 radical (unpaired) electrons. The van der Waals surface area contributed by atoms with Crippen LogP contribution in [0.3, 0.4) is 0 Å². The highest BCUT2D eigenvalue weighted by Crippen LogP contribution is 2.38. The lowest BCUT2D eigenvalue weighted by molar-refractivity contribution is 1.80. The fourth-order valence-corrected chi connectivity index (χ4v) is 3.52. The zero-order valence-electron chi connectivity index (χ0n) is 12.1. The minimum Gasteiger partial charge on any atom is -0.0622 e. The van der Waals surface area contributed by atoms with Crippen LogP contribution in [0.4, 0.5) is 0 Å². The fourth-order valence-electron chi connectivity index (χ4n) is 3.52. The Hall–Kier alpha value is -2.86. The van der Waals surface area contributed by atoms with Gasteiger partial charge in [0.25, 0.3) is 0 Å². The lowest BCUT2D eigenvalue weighted by Crippen LogP contribution is -1.77. The lowest BCUT2D eigenvalue weighted by atomic mass is 10.00. The van der Waals surface area contributed by atoms with Gasteiger partial charge in [-0.15, -0.1) is 0 Å². The van der Waals surface area contributed by atoms with E-state index >= 15 is 0 Å². The van der Waals surface area contributed by atoms with E-state index < -0.39 is 0 Å². The van der Waals surface area contributed by atoms with Crippen LogP contribution in [0.25, 0.3) is 43.4 Å². The molecule has 3 aromatic rings. The lowest BCUT2D eigenvalue weighted by Gasteiger charge is -2.04. The van der Waals surface area contributed by atoms with E-state index in [-0.39, 0.29) is 0 Å². The Morgan fingerprint density at radius 1 is 0.409 bits per heavy atom. The molecule has 0 spiro atoms. The summed E-state index contributed by atoms with van der Waals surface area (Å²) in [6, 6.07) is 30.7. The largest absolute Gasteiger partial charge is 0.0622 e. The molecular weight excluding hydrogens is 264 g/mol. The molecule has 2 aliphatic carbocycles. The Labute approximate surface area is 129 Å². The van der Waals surface area contributed by atoms with Crippen LogP contribution in [0.5, 0.6) is 0 Å². The molecule has 0 aromatic heterocycles. The van der Waals surface area contributed by atoms with Gasteiger partial charge in [-0.05, 0) is 61.6 Å².